The van der Waals surface area contributed by atoms with Gasteiger partial charge in [-0.15, -0.1) is 0 Å². The predicted molar refractivity (Wildman–Crippen MR) is 74.8 cm³/mol. The van der Waals surface area contributed by atoms with Crippen molar-refractivity contribution in [3.05, 3.63) is 35.4 Å². The van der Waals surface area contributed by atoms with Gasteiger partial charge < -0.3 is 10.1 Å². The Hall–Kier alpha value is -1.44. The van der Waals surface area contributed by atoms with E-state index >= 15 is 0 Å². The molecular formula is C13H18N2O4S. The monoisotopic (exact) mass is 298 g/mol. The normalized spacial score (nSPS) is 18.9. The summed E-state index contributed by atoms with van der Waals surface area (Å²) < 4.78 is 31.3. The van der Waals surface area contributed by atoms with Crippen molar-refractivity contribution in [2.24, 2.45) is 0 Å². The molecule has 2 rings (SSSR count). The number of hydrogen-bond acceptors (Lipinski definition) is 5. The van der Waals surface area contributed by atoms with Gasteiger partial charge in [0.2, 0.25) is 10.0 Å². The number of rotatable bonds is 5. The Morgan fingerprint density at radius 2 is 2.10 bits per heavy atom. The number of nitrogens with one attached hydrogen (secondary N) is 2. The molecule has 0 spiro atoms. The Kier molecular flexibility index (Phi) is 4.74. The number of esters is 1. The van der Waals surface area contributed by atoms with E-state index in [4.69, 9.17) is 0 Å². The molecule has 6 nitrogen and oxygen atoms in total. The van der Waals surface area contributed by atoms with Crippen LogP contribution < -0.4 is 10.0 Å². The summed E-state index contributed by atoms with van der Waals surface area (Å²) in [4.78, 5) is 11.3. The number of carbonyl (C=O) groups is 1. The molecule has 0 amide bonds. The summed E-state index contributed by atoms with van der Waals surface area (Å²) in [7, 11) is -2.06. The van der Waals surface area contributed by atoms with E-state index in [2.05, 4.69) is 14.8 Å². The van der Waals surface area contributed by atoms with E-state index < -0.39 is 16.0 Å². The van der Waals surface area contributed by atoms with Gasteiger partial charge in [0.05, 0.1) is 18.4 Å². The van der Waals surface area contributed by atoms with E-state index in [1.807, 2.05) is 0 Å². The number of benzene rings is 1. The molecule has 1 aromatic carbocycles. The van der Waals surface area contributed by atoms with Crippen molar-refractivity contribution in [1.82, 2.24) is 10.0 Å². The van der Waals surface area contributed by atoms with Gasteiger partial charge >= 0.3 is 5.97 Å². The van der Waals surface area contributed by atoms with Crippen LogP contribution in [0.25, 0.3) is 0 Å². The molecule has 1 aliphatic heterocycles. The minimum absolute atomic E-state index is 0.0330. The van der Waals surface area contributed by atoms with Crippen LogP contribution in [0.1, 0.15) is 22.3 Å². The van der Waals surface area contributed by atoms with Crippen LogP contribution in [0.2, 0.25) is 0 Å². The number of methoxy groups -OCH3 is 1. The van der Waals surface area contributed by atoms with Crippen LogP contribution in [0.5, 0.6) is 0 Å². The van der Waals surface area contributed by atoms with E-state index in [9.17, 15) is 13.2 Å². The van der Waals surface area contributed by atoms with Crippen LogP contribution in [0.15, 0.2) is 24.3 Å². The van der Waals surface area contributed by atoms with Crippen molar-refractivity contribution >= 4 is 16.0 Å². The van der Waals surface area contributed by atoms with Crippen LogP contribution in [0.3, 0.4) is 0 Å². The summed E-state index contributed by atoms with van der Waals surface area (Å²) in [5.41, 5.74) is 1.04. The fraction of sp³-hybridized carbons (Fsp3) is 0.462. The third-order valence-corrected chi connectivity index (χ3v) is 4.54. The van der Waals surface area contributed by atoms with Crippen molar-refractivity contribution in [2.75, 3.05) is 20.2 Å². The van der Waals surface area contributed by atoms with Crippen molar-refractivity contribution in [3.63, 3.8) is 0 Å². The predicted octanol–water partition coefficient (Wildman–Crippen LogP) is 0.255. The maximum absolute atomic E-state index is 12.0. The molecule has 0 aliphatic carbocycles. The highest BCUT2D eigenvalue weighted by atomic mass is 32.2. The number of sulfonamides is 1. The minimum Gasteiger partial charge on any atom is -0.465 e. The van der Waals surface area contributed by atoms with Gasteiger partial charge in [0, 0.05) is 12.6 Å². The summed E-state index contributed by atoms with van der Waals surface area (Å²) in [5.74, 6) is -0.528. The maximum Gasteiger partial charge on any atom is 0.337 e. The van der Waals surface area contributed by atoms with E-state index in [-0.39, 0.29) is 11.8 Å². The van der Waals surface area contributed by atoms with Crippen LogP contribution >= 0.6 is 0 Å². The van der Waals surface area contributed by atoms with Gasteiger partial charge in [0.1, 0.15) is 0 Å². The first kappa shape index (κ1) is 15.0. The largest absolute Gasteiger partial charge is 0.465 e. The SMILES string of the molecule is COC(=O)c1ccc(CS(=O)(=O)NC2CCNC2)cc1. The second kappa shape index (κ2) is 6.34. The van der Waals surface area contributed by atoms with Crippen LogP contribution in [-0.2, 0) is 20.5 Å². The number of carbonyl (C=O) groups excluding carboxylic acids is 1. The first-order chi connectivity index (χ1) is 9.50. The molecular weight excluding hydrogens is 280 g/mol. The lowest BCUT2D eigenvalue weighted by Gasteiger charge is -2.12. The zero-order valence-corrected chi connectivity index (χ0v) is 12.1. The first-order valence-corrected chi connectivity index (χ1v) is 8.03. The Labute approximate surface area is 118 Å². The molecule has 20 heavy (non-hydrogen) atoms. The van der Waals surface area contributed by atoms with Crippen molar-refractivity contribution < 1.29 is 17.9 Å². The lowest BCUT2D eigenvalue weighted by Crippen LogP contribution is -2.36. The molecule has 0 saturated carbocycles. The second-order valence-electron chi connectivity index (χ2n) is 4.76. The fourth-order valence-electron chi connectivity index (χ4n) is 2.13. The van der Waals surface area contributed by atoms with E-state index in [0.29, 0.717) is 17.7 Å². The molecule has 1 heterocycles. The van der Waals surface area contributed by atoms with Gasteiger partial charge in [-0.2, -0.15) is 0 Å². The van der Waals surface area contributed by atoms with Gasteiger partial charge in [-0.05, 0) is 30.7 Å². The molecule has 0 aromatic heterocycles. The third kappa shape index (κ3) is 4.03. The van der Waals surface area contributed by atoms with Gasteiger partial charge in [-0.1, -0.05) is 12.1 Å². The summed E-state index contributed by atoms with van der Waals surface area (Å²) >= 11 is 0. The molecule has 7 heteroatoms. The summed E-state index contributed by atoms with van der Waals surface area (Å²) in [6.07, 6.45) is 0.806. The molecule has 0 radical (unpaired) electrons. The lowest BCUT2D eigenvalue weighted by atomic mass is 10.1. The Morgan fingerprint density at radius 3 is 2.65 bits per heavy atom. The Balaban J connectivity index is 1.99. The Morgan fingerprint density at radius 1 is 1.40 bits per heavy atom. The van der Waals surface area contributed by atoms with Gasteiger partial charge in [0.15, 0.2) is 0 Å². The average molecular weight is 298 g/mol. The minimum atomic E-state index is -3.36. The van der Waals surface area contributed by atoms with E-state index in [1.165, 1.54) is 7.11 Å². The number of ether oxygens (including phenoxy) is 1. The number of hydrogen-bond donors (Lipinski definition) is 2. The zero-order chi connectivity index (χ0) is 14.6. The smallest absolute Gasteiger partial charge is 0.337 e. The van der Waals surface area contributed by atoms with Crippen molar-refractivity contribution in [1.29, 1.82) is 0 Å². The molecule has 1 aromatic rings. The summed E-state index contributed by atoms with van der Waals surface area (Å²) in [5, 5.41) is 3.11. The van der Waals surface area contributed by atoms with E-state index in [0.717, 1.165) is 13.0 Å². The zero-order valence-electron chi connectivity index (χ0n) is 11.3. The van der Waals surface area contributed by atoms with Crippen LogP contribution in [-0.4, -0.2) is 40.6 Å². The summed E-state index contributed by atoms with van der Waals surface area (Å²) in [6.45, 7) is 1.50. The molecule has 110 valence electrons. The molecule has 1 aliphatic rings. The molecule has 1 saturated heterocycles. The quantitative estimate of drug-likeness (QED) is 0.762. The molecule has 1 fully saturated rings. The van der Waals surface area contributed by atoms with Gasteiger partial charge in [-0.25, -0.2) is 17.9 Å². The molecule has 0 bridgehead atoms. The first-order valence-electron chi connectivity index (χ1n) is 6.38. The molecule has 2 N–H and O–H groups in total. The topological polar surface area (TPSA) is 84.5 Å². The Bertz CT molecular complexity index is 563. The second-order valence-corrected chi connectivity index (χ2v) is 6.51. The van der Waals surface area contributed by atoms with Gasteiger partial charge in [0.25, 0.3) is 0 Å². The highest BCUT2D eigenvalue weighted by molar-refractivity contribution is 7.88. The average Bonchev–Trinajstić information content (AvgIpc) is 2.90. The third-order valence-electron chi connectivity index (χ3n) is 3.14. The summed E-state index contributed by atoms with van der Waals surface area (Å²) in [6, 6.07) is 6.34. The van der Waals surface area contributed by atoms with Gasteiger partial charge in [-0.3, -0.25) is 0 Å². The van der Waals surface area contributed by atoms with Crippen molar-refractivity contribution in [2.45, 2.75) is 18.2 Å². The highest BCUT2D eigenvalue weighted by Crippen LogP contribution is 2.10. The van der Waals surface area contributed by atoms with Crippen molar-refractivity contribution in [3.8, 4) is 0 Å². The molecule has 1 unspecified atom stereocenters. The van der Waals surface area contributed by atoms with Crippen LogP contribution in [0.4, 0.5) is 0 Å². The highest BCUT2D eigenvalue weighted by Gasteiger charge is 2.21. The van der Waals surface area contributed by atoms with E-state index in [1.54, 1.807) is 24.3 Å². The standard InChI is InChI=1S/C13H18N2O4S/c1-19-13(16)11-4-2-10(3-5-11)9-20(17,18)15-12-6-7-14-8-12/h2-5,12,14-15H,6-9H2,1H3. The van der Waals surface area contributed by atoms with Crippen LogP contribution in [0, 0.1) is 0 Å². The maximum atomic E-state index is 12.0. The lowest BCUT2D eigenvalue weighted by molar-refractivity contribution is 0.0600. The molecule has 1 atom stereocenters. The fourth-order valence-corrected chi connectivity index (χ4v) is 3.55.